The molecule has 0 radical (unpaired) electrons. The quantitative estimate of drug-likeness (QED) is 0.429. The lowest BCUT2D eigenvalue weighted by Crippen LogP contribution is -2.39. The van der Waals surface area contributed by atoms with Crippen LogP contribution in [0.4, 0.5) is 9.52 Å². The first kappa shape index (κ1) is 22.3. The number of hydrogen-bond donors (Lipinski definition) is 1. The summed E-state index contributed by atoms with van der Waals surface area (Å²) in [6, 6.07) is 14.4. The van der Waals surface area contributed by atoms with Crippen molar-refractivity contribution in [1.29, 1.82) is 0 Å². The Morgan fingerprint density at radius 1 is 1.15 bits per heavy atom. The fraction of sp³-hybridized carbons (Fsp3) is 0.269. The van der Waals surface area contributed by atoms with Crippen LogP contribution in [0.2, 0.25) is 0 Å². The van der Waals surface area contributed by atoms with Gasteiger partial charge < -0.3 is 15.4 Å². The number of hydrogen-bond acceptors (Lipinski definition) is 6. The summed E-state index contributed by atoms with van der Waals surface area (Å²) in [5.74, 6) is 0.504. The van der Waals surface area contributed by atoms with Gasteiger partial charge >= 0.3 is 0 Å². The molecule has 1 saturated heterocycles. The molecule has 1 fully saturated rings. The molecular weight excluding hydrogens is 451 g/mol. The molecule has 2 N–H and O–H groups in total. The molecule has 0 unspecified atom stereocenters. The van der Waals surface area contributed by atoms with E-state index in [2.05, 4.69) is 9.97 Å². The number of ether oxygens (including phenoxy) is 1. The van der Waals surface area contributed by atoms with E-state index < -0.39 is 0 Å². The molecule has 2 aromatic heterocycles. The Morgan fingerprint density at radius 3 is 2.65 bits per heavy atom. The molecule has 4 aromatic rings. The van der Waals surface area contributed by atoms with Gasteiger partial charge in [0.15, 0.2) is 5.13 Å². The van der Waals surface area contributed by atoms with E-state index in [0.717, 1.165) is 46.2 Å². The van der Waals surface area contributed by atoms with E-state index >= 15 is 0 Å². The van der Waals surface area contributed by atoms with Crippen molar-refractivity contribution in [2.75, 3.05) is 25.9 Å². The number of rotatable bonds is 5. The van der Waals surface area contributed by atoms with Gasteiger partial charge in [0.1, 0.15) is 11.4 Å². The Balaban J connectivity index is 1.32. The van der Waals surface area contributed by atoms with Gasteiger partial charge in [0.2, 0.25) is 5.88 Å². The molecule has 6 nitrogen and oxygen atoms in total. The summed E-state index contributed by atoms with van der Waals surface area (Å²) >= 11 is 1.43. The first-order chi connectivity index (χ1) is 16.5. The van der Waals surface area contributed by atoms with Crippen LogP contribution in [0, 0.1) is 11.7 Å². The number of thiazole rings is 1. The number of fused-ring (bicyclic) bond motifs is 1. The molecule has 1 aliphatic rings. The highest BCUT2D eigenvalue weighted by Gasteiger charge is 2.26. The van der Waals surface area contributed by atoms with Gasteiger partial charge in [-0.2, -0.15) is 0 Å². The van der Waals surface area contributed by atoms with Crippen molar-refractivity contribution >= 4 is 32.6 Å². The maximum atomic E-state index is 13.4. The lowest BCUT2D eigenvalue weighted by molar-refractivity contribution is 0.0686. The van der Waals surface area contributed by atoms with Crippen molar-refractivity contribution in [3.63, 3.8) is 0 Å². The highest BCUT2D eigenvalue weighted by Crippen LogP contribution is 2.32. The number of anilines is 1. The Kier molecular flexibility index (Phi) is 6.15. The second kappa shape index (κ2) is 9.38. The average molecular weight is 477 g/mol. The molecule has 0 bridgehead atoms. The maximum absolute atomic E-state index is 13.4. The average Bonchev–Trinajstić information content (AvgIpc) is 3.24. The van der Waals surface area contributed by atoms with Crippen molar-refractivity contribution in [3.8, 4) is 17.0 Å². The number of nitrogens with zero attached hydrogens (tertiary/aromatic N) is 3. The summed E-state index contributed by atoms with van der Waals surface area (Å²) in [6.45, 7) is 1.34. The van der Waals surface area contributed by atoms with Gasteiger partial charge in [0.25, 0.3) is 5.91 Å². The number of carbonyl (C=O) groups excluding carboxylic acids is 1. The van der Waals surface area contributed by atoms with Crippen molar-refractivity contribution in [2.45, 2.75) is 19.3 Å². The van der Waals surface area contributed by atoms with Gasteiger partial charge in [-0.1, -0.05) is 29.5 Å². The second-order valence-corrected chi connectivity index (χ2v) is 9.64. The molecule has 5 rings (SSSR count). The predicted molar refractivity (Wildman–Crippen MR) is 133 cm³/mol. The zero-order valence-corrected chi connectivity index (χ0v) is 19.6. The summed E-state index contributed by atoms with van der Waals surface area (Å²) < 4.78 is 19.6. The van der Waals surface area contributed by atoms with Crippen molar-refractivity contribution in [2.24, 2.45) is 5.92 Å². The number of carbonyl (C=O) groups is 1. The number of benzene rings is 2. The summed E-state index contributed by atoms with van der Waals surface area (Å²) in [5.41, 5.74) is 10.1. The Morgan fingerprint density at radius 2 is 1.91 bits per heavy atom. The number of aromatic nitrogens is 2. The molecule has 0 spiro atoms. The number of likely N-dealkylation sites (tertiary alicyclic amines) is 1. The van der Waals surface area contributed by atoms with Crippen LogP contribution >= 0.6 is 11.3 Å². The normalized spacial score (nSPS) is 14.5. The van der Waals surface area contributed by atoms with Gasteiger partial charge in [-0.3, -0.25) is 4.79 Å². The Hall–Kier alpha value is -3.52. The Labute approximate surface area is 201 Å². The number of halogens is 1. The third-order valence-corrected chi connectivity index (χ3v) is 7.20. The molecule has 1 amide bonds. The topological polar surface area (TPSA) is 81.3 Å². The van der Waals surface area contributed by atoms with E-state index in [1.165, 1.54) is 30.6 Å². The molecule has 2 aromatic carbocycles. The minimum Gasteiger partial charge on any atom is -0.480 e. The molecule has 8 heteroatoms. The first-order valence-electron chi connectivity index (χ1n) is 11.2. The van der Waals surface area contributed by atoms with Gasteiger partial charge in [-0.05, 0) is 66.6 Å². The number of piperidine rings is 1. The smallest absolute Gasteiger partial charge is 0.259 e. The molecule has 0 atom stereocenters. The van der Waals surface area contributed by atoms with Crippen LogP contribution in [-0.4, -0.2) is 41.0 Å². The van der Waals surface area contributed by atoms with E-state index in [4.69, 9.17) is 10.5 Å². The highest BCUT2D eigenvalue weighted by atomic mass is 32.1. The minimum atomic E-state index is -0.218. The number of nitrogen functional groups attached to an aromatic ring is 1. The molecule has 34 heavy (non-hydrogen) atoms. The monoisotopic (exact) mass is 476 g/mol. The van der Waals surface area contributed by atoms with Crippen molar-refractivity contribution in [1.82, 2.24) is 14.9 Å². The van der Waals surface area contributed by atoms with Crippen molar-refractivity contribution in [3.05, 3.63) is 71.7 Å². The molecule has 174 valence electrons. The van der Waals surface area contributed by atoms with Gasteiger partial charge in [0.05, 0.1) is 17.3 Å². The van der Waals surface area contributed by atoms with Crippen LogP contribution < -0.4 is 10.5 Å². The largest absolute Gasteiger partial charge is 0.480 e. The molecule has 0 saturated carbocycles. The zero-order valence-electron chi connectivity index (χ0n) is 18.8. The molecule has 3 heterocycles. The predicted octanol–water partition coefficient (Wildman–Crippen LogP) is 5.18. The minimum absolute atomic E-state index is 0.0745. The van der Waals surface area contributed by atoms with Crippen LogP contribution in [0.3, 0.4) is 0 Å². The summed E-state index contributed by atoms with van der Waals surface area (Å²) in [4.78, 5) is 24.0. The van der Waals surface area contributed by atoms with Gasteiger partial charge in [0, 0.05) is 24.8 Å². The zero-order chi connectivity index (χ0) is 23.7. The van der Waals surface area contributed by atoms with Crippen LogP contribution in [-0.2, 0) is 6.42 Å². The van der Waals surface area contributed by atoms with E-state index in [1.807, 2.05) is 41.3 Å². The van der Waals surface area contributed by atoms with Crippen molar-refractivity contribution < 1.29 is 13.9 Å². The van der Waals surface area contributed by atoms with Crippen LogP contribution in [0.15, 0.2) is 54.7 Å². The van der Waals surface area contributed by atoms with Gasteiger partial charge in [-0.25, -0.2) is 14.4 Å². The summed E-state index contributed by atoms with van der Waals surface area (Å²) in [6.07, 6.45) is 4.42. The van der Waals surface area contributed by atoms with Crippen LogP contribution in [0.5, 0.6) is 5.88 Å². The second-order valence-electron chi connectivity index (χ2n) is 8.58. The van der Waals surface area contributed by atoms with Crippen LogP contribution in [0.25, 0.3) is 21.3 Å². The third-order valence-electron chi connectivity index (χ3n) is 6.35. The van der Waals surface area contributed by atoms with E-state index in [0.29, 0.717) is 35.6 Å². The number of amides is 1. The lowest BCUT2D eigenvalue weighted by Gasteiger charge is -2.32. The lowest BCUT2D eigenvalue weighted by atomic mass is 9.90. The SMILES string of the molecule is COc1ncc(-c2ccc3nc(N)sc3c2)cc1C(=O)N1CCC(Cc2ccc(F)cc2)CC1. The van der Waals surface area contributed by atoms with Crippen LogP contribution in [0.1, 0.15) is 28.8 Å². The van der Waals surface area contributed by atoms with Gasteiger partial charge in [-0.15, -0.1) is 0 Å². The molecule has 1 aliphatic heterocycles. The molecular formula is C26H25FN4O2S. The van der Waals surface area contributed by atoms with E-state index in [1.54, 1.807) is 6.20 Å². The number of nitrogens with two attached hydrogens (primary N) is 1. The van der Waals surface area contributed by atoms with E-state index in [9.17, 15) is 9.18 Å². The number of pyridine rings is 1. The maximum Gasteiger partial charge on any atom is 0.259 e. The standard InChI is InChI=1S/C26H25FN4O2S/c1-33-24-21(13-19(15-29-24)18-4-7-22-23(14-18)34-26(28)30-22)25(32)31-10-8-17(9-11-31)12-16-2-5-20(27)6-3-16/h2-7,13-15,17H,8-12H2,1H3,(H2,28,30). The highest BCUT2D eigenvalue weighted by molar-refractivity contribution is 7.22. The summed E-state index contributed by atoms with van der Waals surface area (Å²) in [7, 11) is 1.53. The molecule has 0 aliphatic carbocycles. The third kappa shape index (κ3) is 4.59. The number of methoxy groups -OCH3 is 1. The van der Waals surface area contributed by atoms with E-state index in [-0.39, 0.29) is 11.7 Å². The summed E-state index contributed by atoms with van der Waals surface area (Å²) in [5, 5.41) is 0.527. The fourth-order valence-corrected chi connectivity index (χ4v) is 5.29. The Bertz CT molecular complexity index is 1330. The fourth-order valence-electron chi connectivity index (χ4n) is 4.51. The first-order valence-corrected chi connectivity index (χ1v) is 12.1.